The summed E-state index contributed by atoms with van der Waals surface area (Å²) < 4.78 is 10.4. The number of amides is 1. The first-order valence-electron chi connectivity index (χ1n) is 13.8. The zero-order valence-electron chi connectivity index (χ0n) is 22.6. The highest BCUT2D eigenvalue weighted by molar-refractivity contribution is 6.02. The minimum atomic E-state index is -0.220. The Bertz CT molecular complexity index is 1210. The predicted molar refractivity (Wildman–Crippen MR) is 150 cm³/mol. The third-order valence-corrected chi connectivity index (χ3v) is 7.28. The molecule has 0 aliphatic carbocycles. The van der Waals surface area contributed by atoms with Gasteiger partial charge in [0, 0.05) is 23.8 Å². The minimum Gasteiger partial charge on any atom is -0.481 e. The zero-order valence-corrected chi connectivity index (χ0v) is 22.6. The van der Waals surface area contributed by atoms with Crippen LogP contribution >= 0.6 is 0 Å². The number of carbonyl (C=O) groups is 2. The Labute approximate surface area is 225 Å². The SMILES string of the molecule is CCOC(=O)CCc1ccc(NC(=O)C2CCN(CCCCc3ccccc3)CC2)c2nc(OC)ccc12. The van der Waals surface area contributed by atoms with Crippen LogP contribution in [0, 0.1) is 5.92 Å². The van der Waals surface area contributed by atoms with Gasteiger partial charge in [-0.2, -0.15) is 0 Å². The summed E-state index contributed by atoms with van der Waals surface area (Å²) in [6, 6.07) is 18.2. The van der Waals surface area contributed by atoms with Crippen molar-refractivity contribution in [2.45, 2.75) is 51.9 Å². The number of pyridine rings is 1. The van der Waals surface area contributed by atoms with E-state index in [9.17, 15) is 9.59 Å². The van der Waals surface area contributed by atoms with Gasteiger partial charge in [-0.25, -0.2) is 4.98 Å². The molecule has 0 radical (unpaired) electrons. The number of carbonyl (C=O) groups excluding carboxylic acids is 2. The Balaban J connectivity index is 1.32. The van der Waals surface area contributed by atoms with Gasteiger partial charge in [-0.1, -0.05) is 36.4 Å². The summed E-state index contributed by atoms with van der Waals surface area (Å²) in [6.45, 7) is 5.16. The van der Waals surface area contributed by atoms with E-state index < -0.39 is 0 Å². The predicted octanol–water partition coefficient (Wildman–Crippen LogP) is 5.41. The topological polar surface area (TPSA) is 80.8 Å². The second-order valence-corrected chi connectivity index (χ2v) is 9.87. The number of aryl methyl sites for hydroxylation is 2. The van der Waals surface area contributed by atoms with Gasteiger partial charge in [0.25, 0.3) is 0 Å². The van der Waals surface area contributed by atoms with Crippen LogP contribution in [0.3, 0.4) is 0 Å². The average Bonchev–Trinajstić information content (AvgIpc) is 2.95. The number of ether oxygens (including phenoxy) is 2. The van der Waals surface area contributed by atoms with E-state index in [0.717, 1.165) is 49.8 Å². The molecule has 1 aliphatic rings. The number of unbranched alkanes of at least 4 members (excludes halogenated alkanes) is 1. The van der Waals surface area contributed by atoms with Crippen LogP contribution in [0.2, 0.25) is 0 Å². The molecule has 0 unspecified atom stereocenters. The number of rotatable bonds is 12. The van der Waals surface area contributed by atoms with Crippen molar-refractivity contribution in [2.75, 3.05) is 38.7 Å². The fourth-order valence-electron chi connectivity index (χ4n) is 5.12. The standard InChI is InChI=1S/C31H39N3O4/c1-3-38-29(35)17-13-24-12-15-27(30-26(24)14-16-28(33-30)37-2)32-31(36)25-18-21-34(22-19-25)20-8-7-11-23-9-5-4-6-10-23/h4-6,9-10,12,14-16,25H,3,7-8,11,13,17-22H2,1-2H3,(H,32,36). The summed E-state index contributed by atoms with van der Waals surface area (Å²) in [4.78, 5) is 32.2. The van der Waals surface area contributed by atoms with Crippen molar-refractivity contribution in [1.82, 2.24) is 9.88 Å². The lowest BCUT2D eigenvalue weighted by Crippen LogP contribution is -2.38. The maximum absolute atomic E-state index is 13.2. The number of anilines is 1. The molecule has 0 spiro atoms. The van der Waals surface area contributed by atoms with Crippen LogP contribution in [0.25, 0.3) is 10.9 Å². The number of piperidine rings is 1. The van der Waals surface area contributed by atoms with E-state index in [2.05, 4.69) is 45.5 Å². The maximum atomic E-state index is 13.2. The lowest BCUT2D eigenvalue weighted by Gasteiger charge is -2.31. The lowest BCUT2D eigenvalue weighted by molar-refractivity contribution is -0.143. The molecular weight excluding hydrogens is 478 g/mol. The number of methoxy groups -OCH3 is 1. The van der Waals surface area contributed by atoms with E-state index in [1.165, 1.54) is 18.4 Å². The van der Waals surface area contributed by atoms with Gasteiger partial charge in [0.2, 0.25) is 11.8 Å². The highest BCUT2D eigenvalue weighted by Crippen LogP contribution is 2.29. The number of hydrogen-bond donors (Lipinski definition) is 1. The smallest absolute Gasteiger partial charge is 0.306 e. The number of hydrogen-bond acceptors (Lipinski definition) is 6. The molecule has 0 saturated carbocycles. The third-order valence-electron chi connectivity index (χ3n) is 7.28. The van der Waals surface area contributed by atoms with Crippen LogP contribution < -0.4 is 10.1 Å². The Morgan fingerprint density at radius 2 is 1.79 bits per heavy atom. The molecule has 7 nitrogen and oxygen atoms in total. The Kier molecular flexibility index (Phi) is 10.1. The van der Waals surface area contributed by atoms with Crippen molar-refractivity contribution in [3.63, 3.8) is 0 Å². The fraction of sp³-hybridized carbons (Fsp3) is 0.452. The maximum Gasteiger partial charge on any atom is 0.306 e. The van der Waals surface area contributed by atoms with Crippen molar-refractivity contribution < 1.29 is 19.1 Å². The largest absolute Gasteiger partial charge is 0.481 e. The number of nitrogens with one attached hydrogen (secondary N) is 1. The molecule has 1 aliphatic heterocycles. The van der Waals surface area contributed by atoms with E-state index in [1.807, 2.05) is 18.2 Å². The summed E-state index contributed by atoms with van der Waals surface area (Å²) in [7, 11) is 1.58. The van der Waals surface area contributed by atoms with Gasteiger partial charge < -0.3 is 19.7 Å². The first-order chi connectivity index (χ1) is 18.6. The molecule has 1 aromatic heterocycles. The van der Waals surface area contributed by atoms with Gasteiger partial charge in [-0.15, -0.1) is 0 Å². The molecule has 38 heavy (non-hydrogen) atoms. The molecule has 202 valence electrons. The number of nitrogens with zero attached hydrogens (tertiary/aromatic N) is 2. The number of benzene rings is 2. The van der Waals surface area contributed by atoms with Gasteiger partial charge >= 0.3 is 5.97 Å². The highest BCUT2D eigenvalue weighted by atomic mass is 16.5. The molecule has 1 N–H and O–H groups in total. The molecule has 4 rings (SSSR count). The van der Waals surface area contributed by atoms with Crippen molar-refractivity contribution in [3.05, 3.63) is 65.7 Å². The van der Waals surface area contributed by atoms with Crippen LogP contribution in [-0.4, -0.2) is 55.1 Å². The summed E-state index contributed by atoms with van der Waals surface area (Å²) >= 11 is 0. The van der Waals surface area contributed by atoms with E-state index >= 15 is 0 Å². The number of esters is 1. The molecule has 0 bridgehead atoms. The van der Waals surface area contributed by atoms with Gasteiger partial charge in [0.1, 0.15) is 0 Å². The van der Waals surface area contributed by atoms with Crippen molar-refractivity contribution in [2.24, 2.45) is 5.92 Å². The summed E-state index contributed by atoms with van der Waals surface area (Å²) in [5.74, 6) is 0.289. The van der Waals surface area contributed by atoms with E-state index in [4.69, 9.17) is 9.47 Å². The second-order valence-electron chi connectivity index (χ2n) is 9.87. The normalized spacial score (nSPS) is 14.4. The van der Waals surface area contributed by atoms with Crippen LogP contribution in [0.4, 0.5) is 5.69 Å². The van der Waals surface area contributed by atoms with E-state index in [-0.39, 0.29) is 17.8 Å². The molecule has 1 amide bonds. The molecule has 1 saturated heterocycles. The number of likely N-dealkylation sites (tertiary alicyclic amines) is 1. The summed E-state index contributed by atoms with van der Waals surface area (Å²) in [5.41, 5.74) is 3.73. The quantitative estimate of drug-likeness (QED) is 0.256. The van der Waals surface area contributed by atoms with Crippen molar-refractivity contribution in [3.8, 4) is 5.88 Å². The summed E-state index contributed by atoms with van der Waals surface area (Å²) in [5, 5.41) is 4.04. The van der Waals surface area contributed by atoms with Crippen LogP contribution in [-0.2, 0) is 27.2 Å². The molecular formula is C31H39N3O4. The number of aromatic nitrogens is 1. The highest BCUT2D eigenvalue weighted by Gasteiger charge is 2.25. The molecule has 0 atom stereocenters. The average molecular weight is 518 g/mol. The van der Waals surface area contributed by atoms with Crippen molar-refractivity contribution in [1.29, 1.82) is 0 Å². The third kappa shape index (κ3) is 7.54. The van der Waals surface area contributed by atoms with Crippen LogP contribution in [0.5, 0.6) is 5.88 Å². The Hall–Kier alpha value is -3.45. The molecule has 3 aromatic rings. The molecule has 7 heteroatoms. The fourth-order valence-corrected chi connectivity index (χ4v) is 5.12. The Morgan fingerprint density at radius 3 is 2.53 bits per heavy atom. The minimum absolute atomic E-state index is 0.0142. The van der Waals surface area contributed by atoms with Gasteiger partial charge in [0.05, 0.1) is 24.9 Å². The van der Waals surface area contributed by atoms with Gasteiger partial charge in [0.15, 0.2) is 0 Å². The van der Waals surface area contributed by atoms with E-state index in [0.29, 0.717) is 36.5 Å². The van der Waals surface area contributed by atoms with Crippen LogP contribution in [0.1, 0.15) is 50.2 Å². The van der Waals surface area contributed by atoms with Gasteiger partial charge in [-0.05, 0) is 88.3 Å². The van der Waals surface area contributed by atoms with Crippen LogP contribution in [0.15, 0.2) is 54.6 Å². The summed E-state index contributed by atoms with van der Waals surface area (Å²) in [6.07, 6.45) is 6.03. The monoisotopic (exact) mass is 517 g/mol. The molecule has 2 heterocycles. The van der Waals surface area contributed by atoms with Crippen molar-refractivity contribution >= 4 is 28.5 Å². The lowest BCUT2D eigenvalue weighted by atomic mass is 9.95. The van der Waals surface area contributed by atoms with E-state index in [1.54, 1.807) is 20.1 Å². The second kappa shape index (κ2) is 13.9. The Morgan fingerprint density at radius 1 is 1.00 bits per heavy atom. The first kappa shape index (κ1) is 27.6. The van der Waals surface area contributed by atoms with Gasteiger partial charge in [-0.3, -0.25) is 9.59 Å². The molecule has 1 fully saturated rings. The molecule has 2 aromatic carbocycles. The number of fused-ring (bicyclic) bond motifs is 1. The first-order valence-corrected chi connectivity index (χ1v) is 13.8. The zero-order chi connectivity index (χ0) is 26.7.